The van der Waals surface area contributed by atoms with E-state index in [1.54, 1.807) is 4.90 Å². The summed E-state index contributed by atoms with van der Waals surface area (Å²) in [5.74, 6) is 1.97. The predicted molar refractivity (Wildman–Crippen MR) is 245 cm³/mol. The second-order valence-electron chi connectivity index (χ2n) is 15.3. The summed E-state index contributed by atoms with van der Waals surface area (Å²) >= 11 is 0. The highest BCUT2D eigenvalue weighted by Crippen LogP contribution is 2.34. The summed E-state index contributed by atoms with van der Waals surface area (Å²) in [4.78, 5) is 1.79. The van der Waals surface area contributed by atoms with E-state index in [0.717, 1.165) is 16.7 Å². The van der Waals surface area contributed by atoms with E-state index in [0.29, 0.717) is 36.9 Å². The third-order valence-electron chi connectivity index (χ3n) is 9.86. The van der Waals surface area contributed by atoms with Gasteiger partial charge in [0.05, 0.1) is 26.4 Å². The monoisotopic (exact) mass is 865 g/mol. The molecule has 0 fully saturated rings. The van der Waals surface area contributed by atoms with Crippen molar-refractivity contribution >= 4 is 0 Å². The maximum atomic E-state index is 10.2. The van der Waals surface area contributed by atoms with Gasteiger partial charge in [-0.15, -0.1) is 26.3 Å². The summed E-state index contributed by atoms with van der Waals surface area (Å²) in [7, 11) is 1.54. The minimum atomic E-state index is -0.983. The minimum Gasteiger partial charge on any atom is -0.491 e. The molecule has 0 aliphatic carbocycles. The van der Waals surface area contributed by atoms with Crippen molar-refractivity contribution in [3.63, 3.8) is 0 Å². The zero-order valence-corrected chi connectivity index (χ0v) is 37.5. The van der Waals surface area contributed by atoms with Crippen LogP contribution in [0.15, 0.2) is 123 Å². The first-order chi connectivity index (χ1) is 29.6. The largest absolute Gasteiger partial charge is 0.491 e. The lowest BCUT2D eigenvalue weighted by Gasteiger charge is -2.27. The summed E-state index contributed by atoms with van der Waals surface area (Å²) in [6.07, 6.45) is -2.38. The van der Waals surface area contributed by atoms with Crippen molar-refractivity contribution in [1.29, 1.82) is 0 Å². The van der Waals surface area contributed by atoms with Gasteiger partial charge in [-0.2, -0.15) is 0 Å². The van der Waals surface area contributed by atoms with E-state index in [4.69, 9.17) is 39.6 Å². The van der Waals surface area contributed by atoms with E-state index in [1.807, 2.05) is 72.8 Å². The quantitative estimate of drug-likeness (QED) is 0.0332. The van der Waals surface area contributed by atoms with Gasteiger partial charge in [-0.3, -0.25) is 15.3 Å². The molecular weight excluding hydrogens is 793 g/mol. The van der Waals surface area contributed by atoms with Crippen molar-refractivity contribution in [2.24, 2.45) is 0 Å². The molecule has 0 amide bonds. The number of aliphatic hydroxyl groups is 5. The molecule has 0 aliphatic heterocycles. The average Bonchev–Trinajstić information content (AvgIpc) is 3.26. The Balaban J connectivity index is 0.000000602. The lowest BCUT2D eigenvalue weighted by molar-refractivity contribution is -0.315. The fraction of sp³-hybridized carbons (Fsp3) is 0.429. The Hall–Kier alpha value is -4.64. The predicted octanol–water partition coefficient (Wildman–Crippen LogP) is 6.17. The molecule has 62 heavy (non-hydrogen) atoms. The van der Waals surface area contributed by atoms with Crippen LogP contribution in [0, 0.1) is 6.92 Å². The summed E-state index contributed by atoms with van der Waals surface area (Å²) < 4.78 is 21.7. The maximum absolute atomic E-state index is 10.2. The molecule has 3 atom stereocenters. The molecule has 4 aromatic carbocycles. The lowest BCUT2D eigenvalue weighted by atomic mass is 9.78. The highest BCUT2D eigenvalue weighted by atomic mass is 16.8. The van der Waals surface area contributed by atoms with Gasteiger partial charge >= 0.3 is 0 Å². The number of aliphatic hydroxyl groups excluding tert-OH is 5. The lowest BCUT2D eigenvalue weighted by Crippen LogP contribution is -2.38. The van der Waals surface area contributed by atoms with Crippen LogP contribution in [0.25, 0.3) is 0 Å². The van der Waals surface area contributed by atoms with E-state index in [9.17, 15) is 15.3 Å². The second-order valence-corrected chi connectivity index (χ2v) is 15.3. The van der Waals surface area contributed by atoms with Crippen molar-refractivity contribution < 1.29 is 54.9 Å². The highest BCUT2D eigenvalue weighted by Gasteiger charge is 2.24. The number of hydrogen-bond donors (Lipinski definition) is 7. The maximum Gasteiger partial charge on any atom is 0.119 e. The first kappa shape index (κ1) is 55.4. The van der Waals surface area contributed by atoms with E-state index < -0.39 is 18.3 Å². The molecule has 3 unspecified atom stereocenters. The van der Waals surface area contributed by atoms with Crippen LogP contribution in [-0.2, 0) is 15.6 Å². The number of ether oxygens (including phenoxy) is 4. The molecule has 13 heteroatoms. The SMILES string of the molecule is C=C.C=C.COCC(O)COc1ccc(C(C)(C)c2ccc(OCC(O)CN(CCO)CCO)cc2)cc1.Cc1ccc(C(C)(C)c2ccc(OCC(O)CN(O)O)cc2)cc1. The molecule has 13 nitrogen and oxygen atoms in total. The molecule has 0 radical (unpaired) electrons. The number of aryl methyl sites for hydroxylation is 1. The van der Waals surface area contributed by atoms with E-state index in [1.165, 1.54) is 18.2 Å². The Morgan fingerprint density at radius 3 is 1.11 bits per heavy atom. The summed E-state index contributed by atoms with van der Waals surface area (Å²) in [5, 5.41) is 64.9. The van der Waals surface area contributed by atoms with Crippen molar-refractivity contribution in [2.45, 2.75) is 63.8 Å². The third-order valence-corrected chi connectivity index (χ3v) is 9.86. The van der Waals surface area contributed by atoms with Gasteiger partial charge in [0.2, 0.25) is 0 Å². The van der Waals surface area contributed by atoms with Crippen LogP contribution < -0.4 is 14.2 Å². The van der Waals surface area contributed by atoms with Crippen LogP contribution in [0.1, 0.15) is 55.5 Å². The van der Waals surface area contributed by atoms with E-state index in [2.05, 4.69) is 85.2 Å². The average molecular weight is 865 g/mol. The number of rotatable bonds is 23. The van der Waals surface area contributed by atoms with Gasteiger partial charge in [-0.1, -0.05) is 99.1 Å². The second kappa shape index (κ2) is 29.6. The molecule has 0 saturated heterocycles. The molecule has 0 aliphatic rings. The van der Waals surface area contributed by atoms with Crippen LogP contribution in [0.2, 0.25) is 0 Å². The molecule has 0 spiro atoms. The Bertz CT molecular complexity index is 1730. The van der Waals surface area contributed by atoms with E-state index in [-0.39, 0.29) is 62.2 Å². The van der Waals surface area contributed by atoms with Gasteiger partial charge in [-0.25, -0.2) is 0 Å². The Morgan fingerprint density at radius 1 is 0.500 bits per heavy atom. The molecule has 0 aromatic heterocycles. The third kappa shape index (κ3) is 19.6. The molecule has 4 aromatic rings. The standard InChI is InChI=1S/C26H39NO7.C19H25NO4.2C2H4/c1-26(2,21-6-10-25(11-7-21)34-19-23(31)17-32-3)20-4-8-24(9-5-20)33-18-22(30)16-27(12-14-28)13-15-29;1-14-4-6-15(7-5-14)19(2,3)16-8-10-18(11-9-16)24-13-17(21)12-20(22)23;2*1-2/h4-11,22-23,28-31H,12-19H2,1-3H3;4-11,17,21-23H,12-13H2,1-3H3;2*1-2H2. The van der Waals surface area contributed by atoms with Gasteiger partial charge in [-0.05, 0) is 65.6 Å². The van der Waals surface area contributed by atoms with Crippen molar-refractivity contribution in [2.75, 3.05) is 72.9 Å². The zero-order chi connectivity index (χ0) is 46.7. The number of nitrogens with zero attached hydrogens (tertiary/aromatic N) is 2. The first-order valence-corrected chi connectivity index (χ1v) is 20.5. The first-order valence-electron chi connectivity index (χ1n) is 20.5. The fourth-order valence-electron chi connectivity index (χ4n) is 6.19. The van der Waals surface area contributed by atoms with Crippen molar-refractivity contribution in [3.05, 3.63) is 151 Å². The summed E-state index contributed by atoms with van der Waals surface area (Å²) in [6, 6.07) is 31.9. The van der Waals surface area contributed by atoms with Crippen LogP contribution in [0.4, 0.5) is 0 Å². The van der Waals surface area contributed by atoms with Crippen LogP contribution in [-0.4, -0.2) is 137 Å². The summed E-state index contributed by atoms with van der Waals surface area (Å²) in [5.41, 5.74) is 5.50. The molecule has 0 saturated carbocycles. The smallest absolute Gasteiger partial charge is 0.119 e. The van der Waals surface area contributed by atoms with Crippen LogP contribution in [0.5, 0.6) is 17.2 Å². The topological polar surface area (TPSA) is 185 Å². The molecule has 7 N–H and O–H groups in total. The number of hydroxylamine groups is 2. The van der Waals surface area contributed by atoms with Gasteiger partial charge in [0.25, 0.3) is 0 Å². The fourth-order valence-corrected chi connectivity index (χ4v) is 6.19. The van der Waals surface area contributed by atoms with Gasteiger partial charge < -0.3 is 44.5 Å². The number of methoxy groups -OCH3 is 1. The molecule has 0 bridgehead atoms. The van der Waals surface area contributed by atoms with Gasteiger partial charge in [0.15, 0.2) is 0 Å². The summed E-state index contributed by atoms with van der Waals surface area (Å²) in [6.45, 7) is 24.0. The highest BCUT2D eigenvalue weighted by molar-refractivity contribution is 5.42. The zero-order valence-electron chi connectivity index (χ0n) is 37.5. The van der Waals surface area contributed by atoms with Crippen LogP contribution in [0.3, 0.4) is 0 Å². The van der Waals surface area contributed by atoms with Gasteiger partial charge in [0, 0.05) is 37.6 Å². The molecule has 0 heterocycles. The Kier molecular flexibility index (Phi) is 26.5. The Labute approximate surface area is 369 Å². The van der Waals surface area contributed by atoms with E-state index >= 15 is 0 Å². The molecule has 4 rings (SSSR count). The number of hydrogen-bond acceptors (Lipinski definition) is 13. The normalized spacial score (nSPS) is 12.7. The van der Waals surface area contributed by atoms with Crippen molar-refractivity contribution in [1.82, 2.24) is 10.1 Å². The minimum absolute atomic E-state index is 0.0156. The van der Waals surface area contributed by atoms with Gasteiger partial charge in [0.1, 0.15) is 55.4 Å². The van der Waals surface area contributed by atoms with Crippen LogP contribution >= 0.6 is 0 Å². The van der Waals surface area contributed by atoms with Crippen molar-refractivity contribution in [3.8, 4) is 17.2 Å². The number of benzene rings is 4. The molecular formula is C49H72N2O11. The Morgan fingerprint density at radius 2 is 0.806 bits per heavy atom. The molecule has 344 valence electrons.